The van der Waals surface area contributed by atoms with Crippen molar-refractivity contribution in [2.75, 3.05) is 13.2 Å². The molecule has 6 heteroatoms. The molecule has 0 aromatic carbocycles. The minimum Gasteiger partial charge on any atom is -0.373 e. The molecule has 74 valence electrons. The molecule has 2 heterocycles. The van der Waals surface area contributed by atoms with Gasteiger partial charge in [-0.1, -0.05) is 6.92 Å². The van der Waals surface area contributed by atoms with E-state index in [0.29, 0.717) is 12.5 Å². The van der Waals surface area contributed by atoms with Crippen LogP contribution < -0.4 is 0 Å². The van der Waals surface area contributed by atoms with Gasteiger partial charge >= 0.3 is 0 Å². The molecule has 2 aliphatic rings. The summed E-state index contributed by atoms with van der Waals surface area (Å²) in [6.07, 6.45) is -0.852. The lowest BCUT2D eigenvalue weighted by Gasteiger charge is -2.13. The quantitative estimate of drug-likeness (QED) is 0.451. The SMILES string of the molecule is C[C@H]1CO[C@H]2[C@@H]1OC[C@H]2O[N+](=O)[O-]. The van der Waals surface area contributed by atoms with Crippen molar-refractivity contribution in [3.05, 3.63) is 10.1 Å². The average molecular weight is 189 g/mol. The fourth-order valence-electron chi connectivity index (χ4n) is 1.86. The van der Waals surface area contributed by atoms with Crippen molar-refractivity contribution in [1.29, 1.82) is 0 Å². The lowest BCUT2D eigenvalue weighted by Crippen LogP contribution is -2.32. The maximum Gasteiger partial charge on any atom is 0.294 e. The van der Waals surface area contributed by atoms with Gasteiger partial charge in [0, 0.05) is 5.92 Å². The average Bonchev–Trinajstić information content (AvgIpc) is 2.56. The Morgan fingerprint density at radius 1 is 1.38 bits per heavy atom. The highest BCUT2D eigenvalue weighted by molar-refractivity contribution is 4.92. The summed E-state index contributed by atoms with van der Waals surface area (Å²) in [6, 6.07) is 0. The fraction of sp³-hybridized carbons (Fsp3) is 1.00. The van der Waals surface area contributed by atoms with E-state index in [1.165, 1.54) is 0 Å². The van der Waals surface area contributed by atoms with Crippen LogP contribution in [0.4, 0.5) is 0 Å². The van der Waals surface area contributed by atoms with E-state index >= 15 is 0 Å². The van der Waals surface area contributed by atoms with E-state index in [2.05, 4.69) is 4.84 Å². The Morgan fingerprint density at radius 3 is 2.77 bits per heavy atom. The van der Waals surface area contributed by atoms with Gasteiger partial charge in [-0.15, -0.1) is 10.1 Å². The molecule has 0 saturated carbocycles. The number of fused-ring (bicyclic) bond motifs is 1. The number of ether oxygens (including phenoxy) is 2. The zero-order chi connectivity index (χ0) is 9.42. The second-order valence-corrected chi connectivity index (χ2v) is 3.44. The molecule has 2 aliphatic heterocycles. The van der Waals surface area contributed by atoms with Crippen LogP contribution in [0, 0.1) is 16.0 Å². The molecule has 0 unspecified atom stereocenters. The summed E-state index contributed by atoms with van der Waals surface area (Å²) in [5.41, 5.74) is 0. The number of hydrogen-bond donors (Lipinski definition) is 0. The van der Waals surface area contributed by atoms with E-state index in [9.17, 15) is 10.1 Å². The molecule has 0 aromatic rings. The van der Waals surface area contributed by atoms with Gasteiger partial charge in [0.25, 0.3) is 5.09 Å². The van der Waals surface area contributed by atoms with Gasteiger partial charge in [-0.25, -0.2) is 0 Å². The summed E-state index contributed by atoms with van der Waals surface area (Å²) in [6.45, 7) is 2.84. The molecular weight excluding hydrogens is 178 g/mol. The van der Waals surface area contributed by atoms with Crippen molar-refractivity contribution in [3.8, 4) is 0 Å². The molecule has 0 spiro atoms. The maximum atomic E-state index is 10.1. The van der Waals surface area contributed by atoms with Crippen LogP contribution in [0.3, 0.4) is 0 Å². The first-order chi connectivity index (χ1) is 6.18. The molecule has 0 amide bonds. The molecule has 0 N–H and O–H groups in total. The van der Waals surface area contributed by atoms with Crippen LogP contribution in [0.2, 0.25) is 0 Å². The highest BCUT2D eigenvalue weighted by Gasteiger charge is 2.47. The van der Waals surface area contributed by atoms with Crippen molar-refractivity contribution < 1.29 is 19.4 Å². The van der Waals surface area contributed by atoms with E-state index in [0.717, 1.165) is 0 Å². The molecule has 2 rings (SSSR count). The Balaban J connectivity index is 1.98. The molecule has 0 aromatic heterocycles. The van der Waals surface area contributed by atoms with Gasteiger partial charge in [0.05, 0.1) is 19.3 Å². The zero-order valence-corrected chi connectivity index (χ0v) is 7.21. The van der Waals surface area contributed by atoms with Crippen molar-refractivity contribution >= 4 is 0 Å². The van der Waals surface area contributed by atoms with Crippen molar-refractivity contribution in [1.82, 2.24) is 0 Å². The summed E-state index contributed by atoms with van der Waals surface area (Å²) in [4.78, 5) is 14.5. The number of nitrogens with zero attached hydrogens (tertiary/aromatic N) is 1. The van der Waals surface area contributed by atoms with Crippen molar-refractivity contribution in [2.45, 2.75) is 25.2 Å². The Bertz CT molecular complexity index is 221. The van der Waals surface area contributed by atoms with Gasteiger partial charge < -0.3 is 14.3 Å². The summed E-state index contributed by atoms with van der Waals surface area (Å²) in [7, 11) is 0. The normalized spacial score (nSPS) is 43.2. The van der Waals surface area contributed by atoms with Gasteiger partial charge in [0.2, 0.25) is 0 Å². The third kappa shape index (κ3) is 1.47. The molecule has 0 bridgehead atoms. The van der Waals surface area contributed by atoms with Crippen molar-refractivity contribution in [2.24, 2.45) is 5.92 Å². The van der Waals surface area contributed by atoms with Gasteiger partial charge in [-0.3, -0.25) is 0 Å². The maximum absolute atomic E-state index is 10.1. The van der Waals surface area contributed by atoms with Gasteiger partial charge in [-0.05, 0) is 0 Å². The largest absolute Gasteiger partial charge is 0.373 e. The third-order valence-electron chi connectivity index (χ3n) is 2.48. The molecule has 0 radical (unpaired) electrons. The van der Waals surface area contributed by atoms with Gasteiger partial charge in [0.15, 0.2) is 6.10 Å². The fourth-order valence-corrected chi connectivity index (χ4v) is 1.86. The smallest absolute Gasteiger partial charge is 0.294 e. The first-order valence-electron chi connectivity index (χ1n) is 4.23. The van der Waals surface area contributed by atoms with E-state index < -0.39 is 11.2 Å². The molecule has 6 nitrogen and oxygen atoms in total. The van der Waals surface area contributed by atoms with Crippen LogP contribution in [0.25, 0.3) is 0 Å². The Morgan fingerprint density at radius 2 is 2.08 bits per heavy atom. The predicted molar refractivity (Wildman–Crippen MR) is 40.5 cm³/mol. The van der Waals surface area contributed by atoms with E-state index in [4.69, 9.17) is 9.47 Å². The molecular formula is C7H11NO5. The van der Waals surface area contributed by atoms with Crippen molar-refractivity contribution in [3.63, 3.8) is 0 Å². The topological polar surface area (TPSA) is 70.8 Å². The van der Waals surface area contributed by atoms with Gasteiger partial charge in [-0.2, -0.15) is 0 Å². The minimum atomic E-state index is -0.789. The minimum absolute atomic E-state index is 0.0371. The lowest BCUT2D eigenvalue weighted by atomic mass is 10.0. The summed E-state index contributed by atoms with van der Waals surface area (Å²) in [5.74, 6) is 0.297. The van der Waals surface area contributed by atoms with E-state index in [1.54, 1.807) is 0 Å². The monoisotopic (exact) mass is 189 g/mol. The predicted octanol–water partition coefficient (Wildman–Crippen LogP) is -0.00300. The molecule has 0 aliphatic carbocycles. The molecule has 4 atom stereocenters. The number of rotatable bonds is 2. The van der Waals surface area contributed by atoms with Crippen LogP contribution in [0.5, 0.6) is 0 Å². The van der Waals surface area contributed by atoms with Crippen LogP contribution in [0.15, 0.2) is 0 Å². The Hall–Kier alpha value is -0.880. The molecule has 2 saturated heterocycles. The third-order valence-corrected chi connectivity index (χ3v) is 2.48. The molecule has 13 heavy (non-hydrogen) atoms. The van der Waals surface area contributed by atoms with E-state index in [-0.39, 0.29) is 18.8 Å². The second-order valence-electron chi connectivity index (χ2n) is 3.44. The zero-order valence-electron chi connectivity index (χ0n) is 7.21. The van der Waals surface area contributed by atoms with Crippen LogP contribution in [0.1, 0.15) is 6.92 Å². The standard InChI is InChI=1S/C7H11NO5/c1-4-2-11-7-5(13-8(9)10)3-12-6(4)7/h4-7H,2-3H2,1H3/t4-,5+,6+,7+/m0/s1. The van der Waals surface area contributed by atoms with Crippen LogP contribution in [-0.2, 0) is 14.3 Å². The Kier molecular flexibility index (Phi) is 2.09. The Labute approximate surface area is 74.9 Å². The van der Waals surface area contributed by atoms with Gasteiger partial charge in [0.1, 0.15) is 6.10 Å². The van der Waals surface area contributed by atoms with Crippen LogP contribution in [-0.4, -0.2) is 36.6 Å². The van der Waals surface area contributed by atoms with E-state index in [1.807, 2.05) is 6.92 Å². The summed E-state index contributed by atoms with van der Waals surface area (Å²) in [5, 5.41) is 9.31. The number of hydrogen-bond acceptors (Lipinski definition) is 5. The summed E-state index contributed by atoms with van der Waals surface area (Å²) < 4.78 is 10.7. The molecule has 2 fully saturated rings. The highest BCUT2D eigenvalue weighted by atomic mass is 17.0. The highest BCUT2D eigenvalue weighted by Crippen LogP contribution is 2.32. The lowest BCUT2D eigenvalue weighted by molar-refractivity contribution is -0.769. The second kappa shape index (κ2) is 3.12. The first-order valence-corrected chi connectivity index (χ1v) is 4.23. The summed E-state index contributed by atoms with van der Waals surface area (Å²) >= 11 is 0. The van der Waals surface area contributed by atoms with Crippen LogP contribution >= 0.6 is 0 Å². The first kappa shape index (κ1) is 8.71.